The van der Waals surface area contributed by atoms with Crippen molar-refractivity contribution in [1.29, 1.82) is 0 Å². The highest BCUT2D eigenvalue weighted by molar-refractivity contribution is 14.0. The van der Waals surface area contributed by atoms with Crippen molar-refractivity contribution >= 4 is 29.9 Å². The Morgan fingerprint density at radius 2 is 1.83 bits per heavy atom. The number of ether oxygens (including phenoxy) is 3. The Kier molecular flexibility index (Phi) is 12.8. The van der Waals surface area contributed by atoms with Gasteiger partial charge in [0.25, 0.3) is 0 Å². The van der Waals surface area contributed by atoms with Gasteiger partial charge >= 0.3 is 0 Å². The molecule has 3 fully saturated rings. The molecule has 0 radical (unpaired) electrons. The van der Waals surface area contributed by atoms with Gasteiger partial charge in [0.05, 0.1) is 12.7 Å². The van der Waals surface area contributed by atoms with Crippen LogP contribution >= 0.6 is 24.0 Å². The average molecular weight is 524 g/mol. The SMILES string of the molecule is CCNC(=NCCCOC1CCOCC1)NC1CCN(CC2CCOC2)CC1.I. The third-order valence-corrected chi connectivity index (χ3v) is 5.91. The number of hydrogen-bond donors (Lipinski definition) is 2. The second-order valence-electron chi connectivity index (χ2n) is 8.25. The van der Waals surface area contributed by atoms with Gasteiger partial charge in [0.15, 0.2) is 5.96 Å². The Hall–Kier alpha value is -0.160. The lowest BCUT2D eigenvalue weighted by atomic mass is 10.0. The van der Waals surface area contributed by atoms with Crippen LogP contribution in [-0.4, -0.2) is 88.8 Å². The minimum atomic E-state index is 0. The molecule has 0 bridgehead atoms. The maximum absolute atomic E-state index is 5.94. The monoisotopic (exact) mass is 524 g/mol. The van der Waals surface area contributed by atoms with Crippen molar-refractivity contribution in [2.24, 2.45) is 10.9 Å². The lowest BCUT2D eigenvalue weighted by Gasteiger charge is -2.34. The molecule has 0 amide bonds. The Morgan fingerprint density at radius 1 is 1.07 bits per heavy atom. The molecule has 1 unspecified atom stereocenters. The lowest BCUT2D eigenvalue weighted by Crippen LogP contribution is -2.49. The van der Waals surface area contributed by atoms with Gasteiger partial charge in [0.1, 0.15) is 0 Å². The summed E-state index contributed by atoms with van der Waals surface area (Å²) in [5.74, 6) is 1.70. The maximum atomic E-state index is 5.94. The van der Waals surface area contributed by atoms with Crippen LogP contribution in [0.2, 0.25) is 0 Å². The fourth-order valence-electron chi connectivity index (χ4n) is 4.21. The van der Waals surface area contributed by atoms with E-state index in [2.05, 4.69) is 22.5 Å². The van der Waals surface area contributed by atoms with E-state index < -0.39 is 0 Å². The summed E-state index contributed by atoms with van der Waals surface area (Å²) in [4.78, 5) is 7.36. The summed E-state index contributed by atoms with van der Waals surface area (Å²) in [6, 6.07) is 0.521. The first-order valence-electron chi connectivity index (χ1n) is 11.4. The van der Waals surface area contributed by atoms with E-state index in [0.29, 0.717) is 12.1 Å². The summed E-state index contributed by atoms with van der Waals surface area (Å²) < 4.78 is 16.8. The third kappa shape index (κ3) is 9.67. The van der Waals surface area contributed by atoms with Crippen molar-refractivity contribution in [3.05, 3.63) is 0 Å². The first-order chi connectivity index (χ1) is 13.8. The van der Waals surface area contributed by atoms with Gasteiger partial charge in [-0.3, -0.25) is 4.99 Å². The fourth-order valence-corrected chi connectivity index (χ4v) is 4.21. The van der Waals surface area contributed by atoms with Crippen LogP contribution < -0.4 is 10.6 Å². The first kappa shape index (κ1) is 25.1. The first-order valence-corrected chi connectivity index (χ1v) is 11.4. The number of halogens is 1. The van der Waals surface area contributed by atoms with Crippen LogP contribution in [-0.2, 0) is 14.2 Å². The van der Waals surface area contributed by atoms with Crippen LogP contribution in [0.5, 0.6) is 0 Å². The van der Waals surface area contributed by atoms with Gasteiger partial charge in [-0.05, 0) is 51.4 Å². The molecule has 170 valence electrons. The predicted molar refractivity (Wildman–Crippen MR) is 127 cm³/mol. The van der Waals surface area contributed by atoms with Crippen molar-refractivity contribution in [3.8, 4) is 0 Å². The zero-order valence-electron chi connectivity index (χ0n) is 18.1. The molecule has 1 atom stereocenters. The minimum absolute atomic E-state index is 0. The number of nitrogens with one attached hydrogen (secondary N) is 2. The molecule has 3 aliphatic heterocycles. The summed E-state index contributed by atoms with van der Waals surface area (Å²) in [6.07, 6.45) is 7.00. The number of piperidine rings is 1. The maximum Gasteiger partial charge on any atom is 0.191 e. The third-order valence-electron chi connectivity index (χ3n) is 5.91. The second-order valence-corrected chi connectivity index (χ2v) is 8.25. The lowest BCUT2D eigenvalue weighted by molar-refractivity contribution is -0.0318. The van der Waals surface area contributed by atoms with Gasteiger partial charge in [-0.25, -0.2) is 0 Å². The Morgan fingerprint density at radius 3 is 2.52 bits per heavy atom. The summed E-state index contributed by atoms with van der Waals surface area (Å²) in [5.41, 5.74) is 0. The molecule has 7 nitrogen and oxygen atoms in total. The number of likely N-dealkylation sites (tertiary alicyclic amines) is 1. The summed E-state index contributed by atoms with van der Waals surface area (Å²) in [7, 11) is 0. The van der Waals surface area contributed by atoms with Gasteiger partial charge in [-0.2, -0.15) is 0 Å². The van der Waals surface area contributed by atoms with Crippen molar-refractivity contribution in [2.45, 2.75) is 57.6 Å². The van der Waals surface area contributed by atoms with Crippen LogP contribution in [0.25, 0.3) is 0 Å². The zero-order valence-corrected chi connectivity index (χ0v) is 20.4. The number of guanidine groups is 1. The molecule has 3 saturated heterocycles. The number of hydrogen-bond acceptors (Lipinski definition) is 5. The van der Waals surface area contributed by atoms with Gasteiger partial charge in [-0.1, -0.05) is 0 Å². The Labute approximate surface area is 193 Å². The summed E-state index contributed by atoms with van der Waals surface area (Å²) in [5, 5.41) is 7.03. The quantitative estimate of drug-likeness (QED) is 0.209. The molecule has 3 heterocycles. The van der Waals surface area contributed by atoms with E-state index in [9.17, 15) is 0 Å². The number of nitrogens with zero attached hydrogens (tertiary/aromatic N) is 2. The van der Waals surface area contributed by atoms with Crippen LogP contribution in [0.3, 0.4) is 0 Å². The molecule has 0 aromatic carbocycles. The van der Waals surface area contributed by atoms with Gasteiger partial charge in [0.2, 0.25) is 0 Å². The normalized spacial score (nSPS) is 25.0. The van der Waals surface area contributed by atoms with Gasteiger partial charge in [0, 0.05) is 65.2 Å². The van der Waals surface area contributed by atoms with E-state index >= 15 is 0 Å². The second kappa shape index (κ2) is 14.8. The highest BCUT2D eigenvalue weighted by atomic mass is 127. The van der Waals surface area contributed by atoms with Crippen LogP contribution in [0, 0.1) is 5.92 Å². The summed E-state index contributed by atoms with van der Waals surface area (Å²) in [6.45, 7) is 11.7. The standard InChI is InChI=1S/C21H40N4O3.HI/c1-2-22-21(23-9-3-12-28-20-7-14-26-15-8-20)24-19-4-10-25(11-5-19)16-18-6-13-27-17-18;/h18-20H,2-17H2,1H3,(H2,22,23,24);1H. The molecule has 3 rings (SSSR count). The van der Waals surface area contributed by atoms with Crippen LogP contribution in [0.1, 0.15) is 45.4 Å². The zero-order chi connectivity index (χ0) is 19.4. The van der Waals surface area contributed by atoms with E-state index in [1.54, 1.807) is 0 Å². The molecule has 0 spiro atoms. The fraction of sp³-hybridized carbons (Fsp3) is 0.952. The van der Waals surface area contributed by atoms with Crippen molar-refractivity contribution in [2.75, 3.05) is 65.8 Å². The molecule has 0 saturated carbocycles. The smallest absolute Gasteiger partial charge is 0.191 e. The largest absolute Gasteiger partial charge is 0.381 e. The molecular formula is C21H41IN4O3. The topological polar surface area (TPSA) is 67.4 Å². The highest BCUT2D eigenvalue weighted by Gasteiger charge is 2.24. The van der Waals surface area contributed by atoms with Crippen molar-refractivity contribution in [1.82, 2.24) is 15.5 Å². The van der Waals surface area contributed by atoms with Crippen molar-refractivity contribution < 1.29 is 14.2 Å². The molecule has 0 aromatic rings. The number of rotatable bonds is 9. The van der Waals surface area contributed by atoms with E-state index in [1.165, 1.54) is 38.9 Å². The molecule has 0 aromatic heterocycles. The van der Waals surface area contributed by atoms with E-state index in [1.807, 2.05) is 0 Å². The van der Waals surface area contributed by atoms with Gasteiger partial charge in [-0.15, -0.1) is 24.0 Å². The molecule has 29 heavy (non-hydrogen) atoms. The average Bonchev–Trinajstić information content (AvgIpc) is 3.23. The molecule has 8 heteroatoms. The molecule has 0 aliphatic carbocycles. The van der Waals surface area contributed by atoms with Crippen molar-refractivity contribution in [3.63, 3.8) is 0 Å². The highest BCUT2D eigenvalue weighted by Crippen LogP contribution is 2.17. The van der Waals surface area contributed by atoms with Crippen LogP contribution in [0.15, 0.2) is 4.99 Å². The van der Waals surface area contributed by atoms with E-state index in [0.717, 1.165) is 77.3 Å². The molecule has 3 aliphatic rings. The van der Waals surface area contributed by atoms with E-state index in [-0.39, 0.29) is 24.0 Å². The Bertz CT molecular complexity index is 449. The van der Waals surface area contributed by atoms with Crippen LogP contribution in [0.4, 0.5) is 0 Å². The van der Waals surface area contributed by atoms with E-state index in [4.69, 9.17) is 19.2 Å². The predicted octanol–water partition coefficient (Wildman–Crippen LogP) is 2.25. The summed E-state index contributed by atoms with van der Waals surface area (Å²) >= 11 is 0. The molecule has 2 N–H and O–H groups in total. The number of aliphatic imine (C=N–C) groups is 1. The Balaban J connectivity index is 0.00000300. The minimum Gasteiger partial charge on any atom is -0.381 e. The van der Waals surface area contributed by atoms with Gasteiger partial charge < -0.3 is 29.7 Å². The molecular weight excluding hydrogens is 483 g/mol.